The Hall–Kier alpha value is -3.81. The molecular weight excluding hydrogens is 334 g/mol. The van der Waals surface area contributed by atoms with Crippen molar-refractivity contribution < 1.29 is 9.72 Å². The maximum absolute atomic E-state index is 12.2. The Bertz CT molecular complexity index is 962. The van der Waals surface area contributed by atoms with E-state index in [9.17, 15) is 14.9 Å². The highest BCUT2D eigenvalue weighted by atomic mass is 16.6. The first-order valence-corrected chi connectivity index (χ1v) is 7.75. The van der Waals surface area contributed by atoms with Crippen LogP contribution in [0.2, 0.25) is 0 Å². The smallest absolute Gasteiger partial charge is 0.272 e. The molecule has 0 aliphatic rings. The highest BCUT2D eigenvalue weighted by Crippen LogP contribution is 2.17. The first kappa shape index (κ1) is 17.0. The monoisotopic (exact) mass is 349 g/mol. The van der Waals surface area contributed by atoms with Crippen LogP contribution in [0.5, 0.6) is 0 Å². The van der Waals surface area contributed by atoms with Crippen LogP contribution >= 0.6 is 0 Å². The van der Waals surface area contributed by atoms with Crippen molar-refractivity contribution in [3.63, 3.8) is 0 Å². The minimum atomic E-state index is -0.472. The van der Waals surface area contributed by atoms with Crippen molar-refractivity contribution in [3.05, 3.63) is 82.0 Å². The molecule has 0 fully saturated rings. The molecular formula is C18H15N5O3. The van der Waals surface area contributed by atoms with E-state index < -0.39 is 10.8 Å². The molecule has 1 amide bonds. The second-order valence-corrected chi connectivity index (χ2v) is 5.48. The molecule has 0 aliphatic heterocycles. The van der Waals surface area contributed by atoms with Gasteiger partial charge in [-0.25, -0.2) is 5.43 Å². The van der Waals surface area contributed by atoms with E-state index in [0.717, 1.165) is 5.56 Å². The van der Waals surface area contributed by atoms with Crippen LogP contribution in [0.3, 0.4) is 0 Å². The van der Waals surface area contributed by atoms with Gasteiger partial charge in [-0.1, -0.05) is 30.3 Å². The molecule has 2 aromatic carbocycles. The zero-order chi connectivity index (χ0) is 18.5. The van der Waals surface area contributed by atoms with Crippen LogP contribution in [-0.4, -0.2) is 26.7 Å². The Balaban J connectivity index is 1.69. The lowest BCUT2D eigenvalue weighted by atomic mass is 10.1. The number of hydrazone groups is 1. The van der Waals surface area contributed by atoms with E-state index in [1.54, 1.807) is 25.1 Å². The molecule has 3 aromatic rings. The highest BCUT2D eigenvalue weighted by Gasteiger charge is 2.11. The molecule has 0 spiro atoms. The Labute approximate surface area is 148 Å². The molecule has 130 valence electrons. The molecule has 0 aliphatic carbocycles. The molecule has 3 rings (SSSR count). The van der Waals surface area contributed by atoms with Gasteiger partial charge in [0.2, 0.25) is 0 Å². The summed E-state index contributed by atoms with van der Waals surface area (Å²) in [7, 11) is 0. The van der Waals surface area contributed by atoms with E-state index in [4.69, 9.17) is 0 Å². The second-order valence-electron chi connectivity index (χ2n) is 5.48. The van der Waals surface area contributed by atoms with E-state index in [1.807, 2.05) is 30.3 Å². The second kappa shape index (κ2) is 7.39. The standard InChI is InChI=1S/C18H15N5O3/c1-12(13-7-9-15(10-8-13)23(25)26)19-22-18(24)17-11-16(20-21-17)14-5-3-2-4-6-14/h2-11H,1H3,(H,20,21)(H,22,24). The van der Waals surface area contributed by atoms with Gasteiger partial charge in [-0.05, 0) is 30.7 Å². The van der Waals surface area contributed by atoms with Crippen LogP contribution in [0.25, 0.3) is 11.3 Å². The van der Waals surface area contributed by atoms with E-state index in [1.165, 1.54) is 12.1 Å². The molecule has 26 heavy (non-hydrogen) atoms. The number of hydrogen-bond acceptors (Lipinski definition) is 5. The molecule has 0 bridgehead atoms. The summed E-state index contributed by atoms with van der Waals surface area (Å²) in [6.07, 6.45) is 0. The van der Waals surface area contributed by atoms with Crippen LogP contribution in [0.1, 0.15) is 23.0 Å². The third-order valence-corrected chi connectivity index (χ3v) is 3.71. The maximum Gasteiger partial charge on any atom is 0.289 e. The van der Waals surface area contributed by atoms with Gasteiger partial charge in [-0.3, -0.25) is 20.0 Å². The van der Waals surface area contributed by atoms with Crippen molar-refractivity contribution in [2.75, 3.05) is 0 Å². The van der Waals surface area contributed by atoms with Gasteiger partial charge >= 0.3 is 0 Å². The van der Waals surface area contributed by atoms with Crippen LogP contribution in [0.4, 0.5) is 5.69 Å². The molecule has 0 radical (unpaired) electrons. The molecule has 8 heteroatoms. The highest BCUT2D eigenvalue weighted by molar-refractivity contribution is 6.00. The predicted octanol–water partition coefficient (Wildman–Crippen LogP) is 3.14. The van der Waals surface area contributed by atoms with Crippen molar-refractivity contribution >= 4 is 17.3 Å². The number of carbonyl (C=O) groups excluding carboxylic acids is 1. The van der Waals surface area contributed by atoms with Crippen molar-refractivity contribution in [1.29, 1.82) is 0 Å². The fraction of sp³-hybridized carbons (Fsp3) is 0.0556. The van der Waals surface area contributed by atoms with Crippen molar-refractivity contribution in [1.82, 2.24) is 15.6 Å². The molecule has 1 heterocycles. The van der Waals surface area contributed by atoms with Gasteiger partial charge in [0.25, 0.3) is 11.6 Å². The average molecular weight is 349 g/mol. The number of nitro benzene ring substituents is 1. The number of nitrogens with zero attached hydrogens (tertiary/aromatic N) is 3. The lowest BCUT2D eigenvalue weighted by molar-refractivity contribution is -0.384. The third kappa shape index (κ3) is 3.81. The van der Waals surface area contributed by atoms with E-state index in [0.29, 0.717) is 17.0 Å². The Kier molecular flexibility index (Phi) is 4.84. The number of H-pyrrole nitrogens is 1. The summed E-state index contributed by atoms with van der Waals surface area (Å²) < 4.78 is 0. The first-order valence-electron chi connectivity index (χ1n) is 7.75. The van der Waals surface area contributed by atoms with E-state index >= 15 is 0 Å². The molecule has 2 N–H and O–H groups in total. The summed E-state index contributed by atoms with van der Waals surface area (Å²) in [5.74, 6) is -0.430. The maximum atomic E-state index is 12.2. The number of hydrogen-bond donors (Lipinski definition) is 2. The zero-order valence-corrected chi connectivity index (χ0v) is 13.8. The minimum Gasteiger partial charge on any atom is -0.272 e. The van der Waals surface area contributed by atoms with E-state index in [-0.39, 0.29) is 11.4 Å². The number of non-ortho nitro benzene ring substituents is 1. The molecule has 0 saturated carbocycles. The number of nitrogens with one attached hydrogen (secondary N) is 2. The van der Waals surface area contributed by atoms with Crippen LogP contribution < -0.4 is 5.43 Å². The summed E-state index contributed by atoms with van der Waals surface area (Å²) in [6, 6.07) is 17.0. The molecule has 0 unspecified atom stereocenters. The molecule has 8 nitrogen and oxygen atoms in total. The van der Waals surface area contributed by atoms with Gasteiger partial charge in [-0.2, -0.15) is 10.2 Å². The summed E-state index contributed by atoms with van der Waals surface area (Å²) in [6.45, 7) is 1.70. The first-order chi connectivity index (χ1) is 12.5. The minimum absolute atomic E-state index is 0.00325. The largest absolute Gasteiger partial charge is 0.289 e. The van der Waals surface area contributed by atoms with Gasteiger partial charge in [0.1, 0.15) is 5.69 Å². The summed E-state index contributed by atoms with van der Waals surface area (Å²) in [5.41, 5.74) is 5.47. The van der Waals surface area contributed by atoms with Gasteiger partial charge in [0, 0.05) is 17.7 Å². The van der Waals surface area contributed by atoms with Gasteiger partial charge in [-0.15, -0.1) is 0 Å². The number of carbonyl (C=O) groups is 1. The quantitative estimate of drug-likeness (QED) is 0.418. The summed E-state index contributed by atoms with van der Waals surface area (Å²) in [4.78, 5) is 22.4. The lowest BCUT2D eigenvalue weighted by Crippen LogP contribution is -2.19. The van der Waals surface area contributed by atoms with Crippen LogP contribution in [0, 0.1) is 10.1 Å². The average Bonchev–Trinajstić information content (AvgIpc) is 3.17. The fourth-order valence-electron chi connectivity index (χ4n) is 2.28. The number of nitro groups is 1. The van der Waals surface area contributed by atoms with E-state index in [2.05, 4.69) is 20.7 Å². The van der Waals surface area contributed by atoms with Gasteiger partial charge in [0.05, 0.1) is 16.3 Å². The topological polar surface area (TPSA) is 113 Å². The summed E-state index contributed by atoms with van der Waals surface area (Å²) >= 11 is 0. The number of aromatic amines is 1. The number of rotatable bonds is 5. The number of amides is 1. The lowest BCUT2D eigenvalue weighted by Gasteiger charge is -2.01. The Morgan fingerprint density at radius 2 is 1.85 bits per heavy atom. The zero-order valence-electron chi connectivity index (χ0n) is 13.8. The number of benzene rings is 2. The van der Waals surface area contributed by atoms with Crippen molar-refractivity contribution in [2.24, 2.45) is 5.10 Å². The van der Waals surface area contributed by atoms with Crippen molar-refractivity contribution in [2.45, 2.75) is 6.92 Å². The molecule has 1 aromatic heterocycles. The van der Waals surface area contributed by atoms with Crippen molar-refractivity contribution in [3.8, 4) is 11.3 Å². The van der Waals surface area contributed by atoms with Crippen LogP contribution in [0.15, 0.2) is 65.8 Å². The molecule has 0 atom stereocenters. The molecule has 0 saturated heterocycles. The SMILES string of the molecule is CC(=NNC(=O)c1cc(-c2ccccc2)n[nH]1)c1ccc([N+](=O)[O-])cc1. The van der Waals surface area contributed by atoms with Gasteiger partial charge in [0.15, 0.2) is 0 Å². The Morgan fingerprint density at radius 3 is 2.50 bits per heavy atom. The van der Waals surface area contributed by atoms with Crippen LogP contribution in [-0.2, 0) is 0 Å². The predicted molar refractivity (Wildman–Crippen MR) is 96.8 cm³/mol. The normalized spacial score (nSPS) is 11.2. The Morgan fingerprint density at radius 1 is 1.15 bits per heavy atom. The fourth-order valence-corrected chi connectivity index (χ4v) is 2.28. The number of aromatic nitrogens is 2. The third-order valence-electron chi connectivity index (χ3n) is 3.71. The van der Waals surface area contributed by atoms with Gasteiger partial charge < -0.3 is 0 Å². The summed E-state index contributed by atoms with van der Waals surface area (Å²) in [5, 5.41) is 21.5.